The lowest BCUT2D eigenvalue weighted by atomic mass is 9.91. The van der Waals surface area contributed by atoms with Crippen molar-refractivity contribution in [2.45, 2.75) is 58.7 Å². The highest BCUT2D eigenvalue weighted by Crippen LogP contribution is 2.33. The van der Waals surface area contributed by atoms with Gasteiger partial charge in [-0.1, -0.05) is 100.0 Å². The van der Waals surface area contributed by atoms with E-state index in [4.69, 9.17) is 4.74 Å². The van der Waals surface area contributed by atoms with E-state index in [1.165, 1.54) is 0 Å². The Hall–Kier alpha value is -4.17. The van der Waals surface area contributed by atoms with E-state index < -0.39 is 12.1 Å². The summed E-state index contributed by atoms with van der Waals surface area (Å²) in [5, 5.41) is 18.0. The SMILES string of the molecule is CCCCC(=O)[C@@H](N[C@H](C(=O)OCc1ccccc1)C(C)C)c1ccc(-c2ccccc2)c(-c2nn[nH]n2)c1. The monoisotopic (exact) mass is 525 g/mol. The Labute approximate surface area is 229 Å². The van der Waals surface area contributed by atoms with Crippen LogP contribution in [0.4, 0.5) is 0 Å². The minimum atomic E-state index is -0.705. The van der Waals surface area contributed by atoms with Crippen LogP contribution in [0.2, 0.25) is 0 Å². The quantitative estimate of drug-likeness (QED) is 0.216. The number of nitrogens with zero attached hydrogens (tertiary/aromatic N) is 3. The molecule has 8 nitrogen and oxygen atoms in total. The zero-order valence-electron chi connectivity index (χ0n) is 22.6. The molecule has 0 radical (unpaired) electrons. The van der Waals surface area contributed by atoms with Crippen LogP contribution in [0.5, 0.6) is 0 Å². The molecule has 0 aliphatic heterocycles. The predicted molar refractivity (Wildman–Crippen MR) is 150 cm³/mol. The zero-order valence-corrected chi connectivity index (χ0v) is 22.6. The Morgan fingerprint density at radius 1 is 0.949 bits per heavy atom. The van der Waals surface area contributed by atoms with Gasteiger partial charge in [-0.3, -0.25) is 14.9 Å². The summed E-state index contributed by atoms with van der Waals surface area (Å²) in [5.41, 5.74) is 4.30. The number of Topliss-reactive ketones (excluding diaryl/α,β-unsaturated/α-hetero) is 1. The standard InChI is InChI=1S/C31H35N5O3/c1-4-5-16-27(37)29(32-28(21(2)3)31(38)39-20-22-12-8-6-9-13-22)24-17-18-25(23-14-10-7-11-15-23)26(19-24)30-33-35-36-34-30/h6-15,17-19,21,28-29,32H,4-5,16,20H2,1-3H3,(H,33,34,35,36)/t28-,29-/m0/s1. The third kappa shape index (κ3) is 7.23. The van der Waals surface area contributed by atoms with Crippen molar-refractivity contribution in [3.63, 3.8) is 0 Å². The second kappa shape index (κ2) is 13.6. The van der Waals surface area contributed by atoms with E-state index in [2.05, 4.69) is 32.9 Å². The maximum Gasteiger partial charge on any atom is 0.323 e. The Bertz CT molecular complexity index is 1340. The normalized spacial score (nSPS) is 12.7. The number of H-pyrrole nitrogens is 1. The molecule has 2 atom stereocenters. The number of esters is 1. The zero-order chi connectivity index (χ0) is 27.6. The molecule has 2 N–H and O–H groups in total. The van der Waals surface area contributed by atoms with Crippen LogP contribution in [0.25, 0.3) is 22.5 Å². The molecule has 0 spiro atoms. The summed E-state index contributed by atoms with van der Waals surface area (Å²) < 4.78 is 5.66. The first-order chi connectivity index (χ1) is 19.0. The van der Waals surface area contributed by atoms with E-state index >= 15 is 0 Å². The van der Waals surface area contributed by atoms with Crippen molar-refractivity contribution in [1.82, 2.24) is 25.9 Å². The molecular weight excluding hydrogens is 490 g/mol. The van der Waals surface area contributed by atoms with Crippen LogP contribution >= 0.6 is 0 Å². The van der Waals surface area contributed by atoms with Gasteiger partial charge in [0.1, 0.15) is 12.6 Å². The molecule has 202 valence electrons. The van der Waals surface area contributed by atoms with Gasteiger partial charge >= 0.3 is 5.97 Å². The molecule has 3 aromatic carbocycles. The molecule has 0 aliphatic carbocycles. The Morgan fingerprint density at radius 2 is 1.67 bits per heavy atom. The first kappa shape index (κ1) is 27.9. The number of nitrogens with one attached hydrogen (secondary N) is 2. The lowest BCUT2D eigenvalue weighted by molar-refractivity contribution is -0.149. The summed E-state index contributed by atoms with van der Waals surface area (Å²) in [6.07, 6.45) is 2.06. The van der Waals surface area contributed by atoms with E-state index in [0.29, 0.717) is 12.2 Å². The smallest absolute Gasteiger partial charge is 0.323 e. The van der Waals surface area contributed by atoms with Crippen molar-refractivity contribution in [2.24, 2.45) is 5.92 Å². The van der Waals surface area contributed by atoms with Crippen LogP contribution in [0.1, 0.15) is 57.2 Å². The van der Waals surface area contributed by atoms with Crippen LogP contribution in [0.3, 0.4) is 0 Å². The van der Waals surface area contributed by atoms with Gasteiger partial charge in [-0.05, 0) is 45.9 Å². The van der Waals surface area contributed by atoms with E-state index in [-0.39, 0.29) is 24.3 Å². The van der Waals surface area contributed by atoms with Gasteiger partial charge in [0.25, 0.3) is 0 Å². The summed E-state index contributed by atoms with van der Waals surface area (Å²) >= 11 is 0. The maximum atomic E-state index is 13.6. The van der Waals surface area contributed by atoms with Crippen molar-refractivity contribution < 1.29 is 14.3 Å². The number of benzene rings is 3. The van der Waals surface area contributed by atoms with Crippen LogP contribution < -0.4 is 5.32 Å². The second-order valence-electron chi connectivity index (χ2n) is 9.89. The largest absolute Gasteiger partial charge is 0.460 e. The molecule has 0 saturated heterocycles. The fourth-order valence-corrected chi connectivity index (χ4v) is 4.47. The maximum absolute atomic E-state index is 13.6. The van der Waals surface area contributed by atoms with Gasteiger partial charge in [0, 0.05) is 12.0 Å². The number of hydrogen-bond acceptors (Lipinski definition) is 7. The first-order valence-corrected chi connectivity index (χ1v) is 13.4. The van der Waals surface area contributed by atoms with Crippen molar-refractivity contribution in [1.29, 1.82) is 0 Å². The number of ketones is 1. The molecule has 0 unspecified atom stereocenters. The number of aromatic amines is 1. The van der Waals surface area contributed by atoms with Crippen LogP contribution in [-0.4, -0.2) is 38.4 Å². The number of unbranched alkanes of at least 4 members (excludes halogenated alkanes) is 1. The average molecular weight is 526 g/mol. The summed E-state index contributed by atoms with van der Waals surface area (Å²) in [7, 11) is 0. The highest BCUT2D eigenvalue weighted by molar-refractivity contribution is 5.88. The van der Waals surface area contributed by atoms with Gasteiger partial charge in [-0.15, -0.1) is 10.2 Å². The van der Waals surface area contributed by atoms with Crippen molar-refractivity contribution in [2.75, 3.05) is 0 Å². The number of tetrazole rings is 1. The molecule has 0 amide bonds. The molecule has 0 bridgehead atoms. The fraction of sp³-hybridized carbons (Fsp3) is 0.323. The van der Waals surface area contributed by atoms with Gasteiger partial charge in [-0.2, -0.15) is 5.21 Å². The van der Waals surface area contributed by atoms with E-state index in [0.717, 1.165) is 40.7 Å². The van der Waals surface area contributed by atoms with Crippen LogP contribution in [-0.2, 0) is 20.9 Å². The van der Waals surface area contributed by atoms with Gasteiger partial charge in [0.05, 0.1) is 6.04 Å². The Kier molecular flexibility index (Phi) is 9.69. The third-order valence-corrected chi connectivity index (χ3v) is 6.64. The second-order valence-corrected chi connectivity index (χ2v) is 9.89. The first-order valence-electron chi connectivity index (χ1n) is 13.4. The number of carbonyl (C=O) groups is 2. The molecular formula is C31H35N5O3. The average Bonchev–Trinajstić information content (AvgIpc) is 3.51. The van der Waals surface area contributed by atoms with Crippen LogP contribution in [0.15, 0.2) is 78.9 Å². The molecule has 0 saturated carbocycles. The van der Waals surface area contributed by atoms with E-state index in [9.17, 15) is 9.59 Å². The predicted octanol–water partition coefficient (Wildman–Crippen LogP) is 5.69. The lowest BCUT2D eigenvalue weighted by Crippen LogP contribution is -2.46. The summed E-state index contributed by atoms with van der Waals surface area (Å²) in [4.78, 5) is 26.8. The van der Waals surface area contributed by atoms with E-state index in [1.807, 2.05) is 92.7 Å². The molecule has 0 fully saturated rings. The highest BCUT2D eigenvalue weighted by Gasteiger charge is 2.31. The van der Waals surface area contributed by atoms with Gasteiger partial charge in [0.2, 0.25) is 5.82 Å². The molecule has 0 aliphatic rings. The summed E-state index contributed by atoms with van der Waals surface area (Å²) in [6, 6.07) is 23.9. The number of aromatic nitrogens is 4. The molecule has 4 aromatic rings. The Balaban J connectivity index is 1.67. The minimum Gasteiger partial charge on any atom is -0.460 e. The number of hydrogen-bond donors (Lipinski definition) is 2. The molecule has 1 heterocycles. The van der Waals surface area contributed by atoms with Crippen molar-refractivity contribution >= 4 is 11.8 Å². The lowest BCUT2D eigenvalue weighted by Gasteiger charge is -2.27. The summed E-state index contributed by atoms with van der Waals surface area (Å²) in [6.45, 7) is 6.11. The number of ether oxygens (including phenoxy) is 1. The highest BCUT2D eigenvalue weighted by atomic mass is 16.5. The van der Waals surface area contributed by atoms with Crippen LogP contribution in [0, 0.1) is 5.92 Å². The minimum absolute atomic E-state index is 0.0184. The van der Waals surface area contributed by atoms with Gasteiger partial charge in [-0.25, -0.2) is 0 Å². The topological polar surface area (TPSA) is 110 Å². The van der Waals surface area contributed by atoms with Crippen molar-refractivity contribution in [3.05, 3.63) is 90.0 Å². The third-order valence-electron chi connectivity index (χ3n) is 6.64. The van der Waals surface area contributed by atoms with E-state index in [1.54, 1.807) is 0 Å². The number of rotatable bonds is 13. The Morgan fingerprint density at radius 3 is 2.31 bits per heavy atom. The fourth-order valence-electron chi connectivity index (χ4n) is 4.47. The summed E-state index contributed by atoms with van der Waals surface area (Å²) in [5.74, 6) is -0.0421. The number of carbonyl (C=O) groups excluding carboxylic acids is 2. The molecule has 8 heteroatoms. The molecule has 1 aromatic heterocycles. The van der Waals surface area contributed by atoms with Crippen molar-refractivity contribution in [3.8, 4) is 22.5 Å². The molecule has 39 heavy (non-hydrogen) atoms. The van der Waals surface area contributed by atoms with Gasteiger partial charge < -0.3 is 4.74 Å². The van der Waals surface area contributed by atoms with Gasteiger partial charge in [0.15, 0.2) is 5.78 Å². The molecule has 4 rings (SSSR count).